The molecule has 1 aliphatic rings. The molecule has 2 unspecified atom stereocenters. The van der Waals surface area contributed by atoms with Gasteiger partial charge in [0.15, 0.2) is 0 Å². The fourth-order valence-electron chi connectivity index (χ4n) is 2.81. The number of nitrogens with zero attached hydrogens (tertiary/aromatic N) is 2. The van der Waals surface area contributed by atoms with E-state index in [-0.39, 0.29) is 19.2 Å². The third-order valence-corrected chi connectivity index (χ3v) is 4.46. The van der Waals surface area contributed by atoms with Crippen LogP contribution in [0.5, 0.6) is 0 Å². The highest BCUT2D eigenvalue weighted by molar-refractivity contribution is 7.86. The SMILES string of the molecule is C=CCOC(=O)N1CC(OS(C)(=O)=O)CC1Cc1ccncc1C. The number of hydrogen-bond donors (Lipinski definition) is 0. The number of amides is 1. The Morgan fingerprint density at radius 3 is 2.92 bits per heavy atom. The molecule has 8 heteroatoms. The number of carbonyl (C=O) groups excluding carboxylic acids is 1. The van der Waals surface area contributed by atoms with Gasteiger partial charge < -0.3 is 9.64 Å². The molecule has 0 bridgehead atoms. The van der Waals surface area contributed by atoms with Gasteiger partial charge >= 0.3 is 6.09 Å². The molecule has 7 nitrogen and oxygen atoms in total. The maximum absolute atomic E-state index is 12.2. The molecule has 1 amide bonds. The number of hydrogen-bond acceptors (Lipinski definition) is 6. The minimum absolute atomic E-state index is 0.105. The van der Waals surface area contributed by atoms with Crippen molar-refractivity contribution in [1.29, 1.82) is 0 Å². The molecule has 1 fully saturated rings. The Morgan fingerprint density at radius 1 is 1.54 bits per heavy atom. The lowest BCUT2D eigenvalue weighted by molar-refractivity contribution is 0.104. The van der Waals surface area contributed by atoms with Gasteiger partial charge in [-0.15, -0.1) is 0 Å². The molecule has 2 heterocycles. The fraction of sp³-hybridized carbons (Fsp3) is 0.500. The monoisotopic (exact) mass is 354 g/mol. The first-order chi connectivity index (χ1) is 11.3. The highest BCUT2D eigenvalue weighted by Crippen LogP contribution is 2.26. The summed E-state index contributed by atoms with van der Waals surface area (Å²) in [6.45, 7) is 5.74. The summed E-state index contributed by atoms with van der Waals surface area (Å²) in [6.07, 6.45) is 5.90. The Kier molecular flexibility index (Phi) is 5.95. The van der Waals surface area contributed by atoms with Crippen molar-refractivity contribution in [2.75, 3.05) is 19.4 Å². The van der Waals surface area contributed by atoms with E-state index in [0.717, 1.165) is 17.4 Å². The molecule has 2 atom stereocenters. The topological polar surface area (TPSA) is 85.8 Å². The summed E-state index contributed by atoms with van der Waals surface area (Å²) in [6, 6.07) is 1.70. The van der Waals surface area contributed by atoms with Crippen LogP contribution in [0.1, 0.15) is 17.5 Å². The maximum atomic E-state index is 12.2. The van der Waals surface area contributed by atoms with E-state index in [1.165, 1.54) is 11.0 Å². The first kappa shape index (κ1) is 18.4. The van der Waals surface area contributed by atoms with Crippen LogP contribution in [-0.2, 0) is 25.5 Å². The van der Waals surface area contributed by atoms with Crippen molar-refractivity contribution in [1.82, 2.24) is 9.88 Å². The van der Waals surface area contributed by atoms with E-state index < -0.39 is 22.3 Å². The van der Waals surface area contributed by atoms with Crippen molar-refractivity contribution in [3.05, 3.63) is 42.2 Å². The van der Waals surface area contributed by atoms with Crippen molar-refractivity contribution in [2.24, 2.45) is 0 Å². The third-order valence-electron chi connectivity index (χ3n) is 3.84. The largest absolute Gasteiger partial charge is 0.445 e. The predicted molar refractivity (Wildman–Crippen MR) is 89.1 cm³/mol. The van der Waals surface area contributed by atoms with Crippen LogP contribution in [0.2, 0.25) is 0 Å². The van der Waals surface area contributed by atoms with E-state index in [2.05, 4.69) is 11.6 Å². The lowest BCUT2D eigenvalue weighted by atomic mass is 10.0. The molecule has 0 radical (unpaired) electrons. The molecule has 0 spiro atoms. The molecule has 1 saturated heterocycles. The maximum Gasteiger partial charge on any atom is 0.410 e. The summed E-state index contributed by atoms with van der Waals surface area (Å²) in [5, 5.41) is 0. The summed E-state index contributed by atoms with van der Waals surface area (Å²) in [5.41, 5.74) is 2.07. The molecule has 0 aliphatic carbocycles. The van der Waals surface area contributed by atoms with Gasteiger partial charge in [0.2, 0.25) is 0 Å². The quantitative estimate of drug-likeness (QED) is 0.571. The molecule has 1 aromatic rings. The van der Waals surface area contributed by atoms with Crippen molar-refractivity contribution in [2.45, 2.75) is 31.9 Å². The number of likely N-dealkylation sites (tertiary alicyclic amines) is 1. The van der Waals surface area contributed by atoms with Gasteiger partial charge in [-0.3, -0.25) is 9.17 Å². The molecule has 0 saturated carbocycles. The first-order valence-corrected chi connectivity index (χ1v) is 9.44. The van der Waals surface area contributed by atoms with Crippen LogP contribution in [-0.4, -0.2) is 55.9 Å². The average Bonchev–Trinajstić information content (AvgIpc) is 2.87. The highest BCUT2D eigenvalue weighted by atomic mass is 32.2. The summed E-state index contributed by atoms with van der Waals surface area (Å²) in [7, 11) is -3.58. The van der Waals surface area contributed by atoms with E-state index in [1.807, 2.05) is 13.0 Å². The van der Waals surface area contributed by atoms with E-state index >= 15 is 0 Å². The summed E-state index contributed by atoms with van der Waals surface area (Å²) >= 11 is 0. The Morgan fingerprint density at radius 2 is 2.29 bits per heavy atom. The lowest BCUT2D eigenvalue weighted by Crippen LogP contribution is -2.38. The normalized spacial score (nSPS) is 20.8. The van der Waals surface area contributed by atoms with Crippen LogP contribution in [0.25, 0.3) is 0 Å². The second-order valence-electron chi connectivity index (χ2n) is 5.84. The van der Waals surface area contributed by atoms with Crippen LogP contribution in [0.15, 0.2) is 31.1 Å². The number of carbonyl (C=O) groups is 1. The summed E-state index contributed by atoms with van der Waals surface area (Å²) in [5.74, 6) is 0. The summed E-state index contributed by atoms with van der Waals surface area (Å²) < 4.78 is 32.9. The third kappa shape index (κ3) is 5.04. The number of rotatable bonds is 6. The van der Waals surface area contributed by atoms with Crippen LogP contribution < -0.4 is 0 Å². The van der Waals surface area contributed by atoms with Crippen LogP contribution >= 0.6 is 0 Å². The molecule has 0 N–H and O–H groups in total. The molecule has 132 valence electrons. The van der Waals surface area contributed by atoms with Gasteiger partial charge in [-0.2, -0.15) is 8.42 Å². The zero-order chi connectivity index (χ0) is 17.7. The van der Waals surface area contributed by atoms with Gasteiger partial charge in [-0.05, 0) is 37.0 Å². The smallest absolute Gasteiger partial charge is 0.410 e. The molecular formula is C16H22N2O5S. The highest BCUT2D eigenvalue weighted by Gasteiger charge is 2.38. The summed E-state index contributed by atoms with van der Waals surface area (Å²) in [4.78, 5) is 17.8. The minimum atomic E-state index is -3.58. The van der Waals surface area contributed by atoms with Crippen molar-refractivity contribution in [3.8, 4) is 0 Å². The zero-order valence-electron chi connectivity index (χ0n) is 13.8. The van der Waals surface area contributed by atoms with E-state index in [0.29, 0.717) is 12.8 Å². The Bertz CT molecular complexity index is 704. The second kappa shape index (κ2) is 7.76. The van der Waals surface area contributed by atoms with Crippen LogP contribution in [0, 0.1) is 6.92 Å². The van der Waals surface area contributed by atoms with Gasteiger partial charge in [0.25, 0.3) is 10.1 Å². The number of aryl methyl sites for hydroxylation is 1. The van der Waals surface area contributed by atoms with Gasteiger partial charge in [0, 0.05) is 18.4 Å². The standard InChI is InChI=1S/C16H22N2O5S/c1-4-7-22-16(19)18-11-15(23-24(3,20)21)9-14(18)8-13-5-6-17-10-12(13)2/h4-6,10,14-15H,1,7-9,11H2,2-3H3. The molecule has 2 rings (SSSR count). The zero-order valence-corrected chi connectivity index (χ0v) is 14.7. The molecule has 1 aliphatic heterocycles. The van der Waals surface area contributed by atoms with Crippen molar-refractivity contribution < 1.29 is 22.1 Å². The lowest BCUT2D eigenvalue weighted by Gasteiger charge is -2.24. The van der Waals surface area contributed by atoms with Crippen molar-refractivity contribution in [3.63, 3.8) is 0 Å². The van der Waals surface area contributed by atoms with Gasteiger partial charge in [0.1, 0.15) is 6.61 Å². The van der Waals surface area contributed by atoms with E-state index in [4.69, 9.17) is 8.92 Å². The first-order valence-electron chi connectivity index (χ1n) is 7.62. The van der Waals surface area contributed by atoms with E-state index in [9.17, 15) is 13.2 Å². The second-order valence-corrected chi connectivity index (χ2v) is 7.44. The molecule has 24 heavy (non-hydrogen) atoms. The van der Waals surface area contributed by atoms with Crippen LogP contribution in [0.4, 0.5) is 4.79 Å². The van der Waals surface area contributed by atoms with E-state index in [1.54, 1.807) is 12.4 Å². The minimum Gasteiger partial charge on any atom is -0.445 e. The molecule has 0 aromatic carbocycles. The fourth-order valence-corrected chi connectivity index (χ4v) is 3.44. The van der Waals surface area contributed by atoms with Crippen molar-refractivity contribution >= 4 is 16.2 Å². The van der Waals surface area contributed by atoms with Gasteiger partial charge in [-0.1, -0.05) is 12.7 Å². The molecule has 1 aromatic heterocycles. The number of aromatic nitrogens is 1. The Labute approximate surface area is 142 Å². The van der Waals surface area contributed by atoms with Gasteiger partial charge in [-0.25, -0.2) is 4.79 Å². The predicted octanol–water partition coefficient (Wildman–Crippen LogP) is 1.67. The number of ether oxygens (including phenoxy) is 1. The molecular weight excluding hydrogens is 332 g/mol. The van der Waals surface area contributed by atoms with Gasteiger partial charge in [0.05, 0.1) is 18.9 Å². The number of pyridine rings is 1. The Balaban J connectivity index is 2.15. The average molecular weight is 354 g/mol. The van der Waals surface area contributed by atoms with Crippen LogP contribution in [0.3, 0.4) is 0 Å². The Hall–Kier alpha value is -1.93.